The standard InChI is InChI=1S/C26H33NO4/c1-2-3-4-5-9-12-23(28)20-13-14-24(29)22(19-20)25(30)31-26(15-17-27-18-16-26)21-10-7-6-8-11-21/h6-8,10-11,13-14,19,27,29H,2-5,9,12,15-18H2,1H3. The van der Waals surface area contributed by atoms with Gasteiger partial charge in [-0.3, -0.25) is 4.79 Å². The Morgan fingerprint density at radius 3 is 2.42 bits per heavy atom. The molecule has 1 fully saturated rings. The van der Waals surface area contributed by atoms with Gasteiger partial charge >= 0.3 is 5.97 Å². The van der Waals surface area contributed by atoms with Crippen molar-refractivity contribution >= 4 is 11.8 Å². The summed E-state index contributed by atoms with van der Waals surface area (Å²) < 4.78 is 6.04. The van der Waals surface area contributed by atoms with Crippen molar-refractivity contribution in [2.45, 2.75) is 63.9 Å². The zero-order valence-corrected chi connectivity index (χ0v) is 18.4. The van der Waals surface area contributed by atoms with Crippen LogP contribution in [0.3, 0.4) is 0 Å². The van der Waals surface area contributed by atoms with Gasteiger partial charge in [-0.2, -0.15) is 0 Å². The molecule has 0 unspecified atom stereocenters. The van der Waals surface area contributed by atoms with E-state index in [1.807, 2.05) is 30.3 Å². The molecular formula is C26H33NO4. The summed E-state index contributed by atoms with van der Waals surface area (Å²) in [4.78, 5) is 25.7. The number of aromatic hydroxyl groups is 1. The number of ether oxygens (including phenoxy) is 1. The normalized spacial score (nSPS) is 15.4. The fraction of sp³-hybridized carbons (Fsp3) is 0.462. The van der Waals surface area contributed by atoms with E-state index < -0.39 is 11.6 Å². The highest BCUT2D eigenvalue weighted by molar-refractivity contribution is 6.00. The summed E-state index contributed by atoms with van der Waals surface area (Å²) in [6, 6.07) is 14.2. The Bertz CT molecular complexity index is 872. The van der Waals surface area contributed by atoms with Gasteiger partial charge in [-0.05, 0) is 43.3 Å². The summed E-state index contributed by atoms with van der Waals surface area (Å²) >= 11 is 0. The maximum Gasteiger partial charge on any atom is 0.342 e. The summed E-state index contributed by atoms with van der Waals surface area (Å²) in [6.07, 6.45) is 7.10. The molecule has 0 aromatic heterocycles. The van der Waals surface area contributed by atoms with Crippen LogP contribution in [-0.2, 0) is 10.3 Å². The van der Waals surface area contributed by atoms with Crippen molar-refractivity contribution in [2.24, 2.45) is 0 Å². The van der Waals surface area contributed by atoms with Gasteiger partial charge in [-0.25, -0.2) is 4.79 Å². The molecule has 1 aliphatic heterocycles. The smallest absolute Gasteiger partial charge is 0.342 e. The number of rotatable bonds is 10. The Balaban J connectivity index is 1.74. The monoisotopic (exact) mass is 423 g/mol. The van der Waals surface area contributed by atoms with E-state index in [1.54, 1.807) is 6.07 Å². The van der Waals surface area contributed by atoms with E-state index in [9.17, 15) is 14.7 Å². The molecule has 0 saturated carbocycles. The number of phenolic OH excluding ortho intramolecular Hbond substituents is 1. The molecule has 3 rings (SSSR count). The predicted molar refractivity (Wildman–Crippen MR) is 121 cm³/mol. The molecule has 166 valence electrons. The quantitative estimate of drug-likeness (QED) is 0.305. The van der Waals surface area contributed by atoms with Gasteiger partial charge in [0.2, 0.25) is 0 Å². The fourth-order valence-corrected chi connectivity index (χ4v) is 4.16. The molecule has 2 N–H and O–H groups in total. The third-order valence-electron chi connectivity index (χ3n) is 6.05. The van der Waals surface area contributed by atoms with Crippen LogP contribution in [0.1, 0.15) is 84.6 Å². The van der Waals surface area contributed by atoms with Gasteiger partial charge in [0, 0.05) is 24.8 Å². The minimum absolute atomic E-state index is 0.00909. The Kier molecular flexibility index (Phi) is 8.24. The zero-order valence-electron chi connectivity index (χ0n) is 18.4. The number of phenols is 1. The number of carbonyl (C=O) groups is 2. The van der Waals surface area contributed by atoms with E-state index in [0.29, 0.717) is 24.8 Å². The molecule has 1 aliphatic rings. The van der Waals surface area contributed by atoms with Gasteiger partial charge in [0.1, 0.15) is 16.9 Å². The molecule has 1 heterocycles. The summed E-state index contributed by atoms with van der Waals surface area (Å²) in [7, 11) is 0. The van der Waals surface area contributed by atoms with Crippen LogP contribution in [0.15, 0.2) is 48.5 Å². The number of Topliss-reactive ketones (excluding diaryl/α,β-unsaturated/α-hetero) is 1. The van der Waals surface area contributed by atoms with Crippen molar-refractivity contribution in [1.29, 1.82) is 0 Å². The topological polar surface area (TPSA) is 75.6 Å². The van der Waals surface area contributed by atoms with Crippen LogP contribution in [0.4, 0.5) is 0 Å². The molecule has 0 radical (unpaired) electrons. The second-order valence-electron chi connectivity index (χ2n) is 8.32. The minimum atomic E-state index is -0.741. The molecule has 31 heavy (non-hydrogen) atoms. The van der Waals surface area contributed by atoms with E-state index in [2.05, 4.69) is 12.2 Å². The molecular weight excluding hydrogens is 390 g/mol. The highest BCUT2D eigenvalue weighted by atomic mass is 16.6. The van der Waals surface area contributed by atoms with Crippen molar-refractivity contribution in [2.75, 3.05) is 13.1 Å². The maximum absolute atomic E-state index is 13.1. The number of piperidine rings is 1. The van der Waals surface area contributed by atoms with Crippen molar-refractivity contribution < 1.29 is 19.4 Å². The van der Waals surface area contributed by atoms with Crippen molar-refractivity contribution in [3.63, 3.8) is 0 Å². The maximum atomic E-state index is 13.1. The van der Waals surface area contributed by atoms with E-state index >= 15 is 0 Å². The SMILES string of the molecule is CCCCCCCC(=O)c1ccc(O)c(C(=O)OC2(c3ccccc3)CCNCC2)c1. The first-order chi connectivity index (χ1) is 15.1. The Morgan fingerprint density at radius 1 is 1.00 bits per heavy atom. The van der Waals surface area contributed by atoms with E-state index in [1.165, 1.54) is 18.6 Å². The Hall–Kier alpha value is -2.66. The predicted octanol–water partition coefficient (Wildman–Crippen LogP) is 5.37. The second kappa shape index (κ2) is 11.1. The lowest BCUT2D eigenvalue weighted by molar-refractivity contribution is -0.0380. The average Bonchev–Trinajstić information content (AvgIpc) is 2.80. The zero-order chi connectivity index (χ0) is 22.1. The number of esters is 1. The van der Waals surface area contributed by atoms with Crippen LogP contribution in [0.25, 0.3) is 0 Å². The summed E-state index contributed by atoms with van der Waals surface area (Å²) in [5.41, 5.74) is 0.698. The Morgan fingerprint density at radius 2 is 1.71 bits per heavy atom. The van der Waals surface area contributed by atoms with Gasteiger partial charge in [0.15, 0.2) is 5.78 Å². The van der Waals surface area contributed by atoms with Gasteiger partial charge in [-0.1, -0.05) is 62.9 Å². The fourth-order valence-electron chi connectivity index (χ4n) is 4.16. The number of ketones is 1. The largest absolute Gasteiger partial charge is 0.507 e. The molecule has 2 aromatic rings. The molecule has 0 amide bonds. The molecule has 0 atom stereocenters. The first-order valence-corrected chi connectivity index (χ1v) is 11.4. The van der Waals surface area contributed by atoms with Crippen LogP contribution in [0, 0.1) is 0 Å². The third kappa shape index (κ3) is 5.95. The number of carbonyl (C=O) groups excluding carboxylic acids is 2. The molecule has 0 aliphatic carbocycles. The molecule has 5 nitrogen and oxygen atoms in total. The van der Waals surface area contributed by atoms with Crippen LogP contribution < -0.4 is 5.32 Å². The van der Waals surface area contributed by atoms with E-state index in [4.69, 9.17) is 4.74 Å². The van der Waals surface area contributed by atoms with Gasteiger partial charge < -0.3 is 15.2 Å². The van der Waals surface area contributed by atoms with Gasteiger partial charge in [0.25, 0.3) is 0 Å². The lowest BCUT2D eigenvalue weighted by Crippen LogP contribution is -2.43. The lowest BCUT2D eigenvalue weighted by Gasteiger charge is -2.37. The number of nitrogens with one attached hydrogen (secondary N) is 1. The van der Waals surface area contributed by atoms with Gasteiger partial charge in [-0.15, -0.1) is 0 Å². The summed E-state index contributed by atoms with van der Waals surface area (Å²) in [5, 5.41) is 13.6. The number of benzene rings is 2. The Labute approximate surface area is 184 Å². The van der Waals surface area contributed by atoms with Crippen molar-refractivity contribution in [1.82, 2.24) is 5.32 Å². The molecule has 2 aromatic carbocycles. The molecule has 5 heteroatoms. The summed E-state index contributed by atoms with van der Waals surface area (Å²) in [6.45, 7) is 3.64. The first-order valence-electron chi connectivity index (χ1n) is 11.4. The van der Waals surface area contributed by atoms with Crippen LogP contribution >= 0.6 is 0 Å². The number of unbranched alkanes of at least 4 members (excludes halogenated alkanes) is 4. The highest BCUT2D eigenvalue weighted by Crippen LogP contribution is 2.36. The lowest BCUT2D eigenvalue weighted by atomic mass is 9.84. The highest BCUT2D eigenvalue weighted by Gasteiger charge is 2.38. The van der Waals surface area contributed by atoms with Crippen molar-refractivity contribution in [3.05, 3.63) is 65.2 Å². The second-order valence-corrected chi connectivity index (χ2v) is 8.32. The third-order valence-corrected chi connectivity index (χ3v) is 6.05. The van der Waals surface area contributed by atoms with Crippen LogP contribution in [-0.4, -0.2) is 29.9 Å². The molecule has 0 spiro atoms. The number of hydrogen-bond acceptors (Lipinski definition) is 5. The van der Waals surface area contributed by atoms with Gasteiger partial charge in [0.05, 0.1) is 0 Å². The summed E-state index contributed by atoms with van der Waals surface area (Å²) in [5.74, 6) is -0.771. The van der Waals surface area contributed by atoms with Crippen molar-refractivity contribution in [3.8, 4) is 5.75 Å². The number of hydrogen-bond donors (Lipinski definition) is 2. The van der Waals surface area contributed by atoms with E-state index in [-0.39, 0.29) is 17.1 Å². The van der Waals surface area contributed by atoms with Crippen LogP contribution in [0.2, 0.25) is 0 Å². The minimum Gasteiger partial charge on any atom is -0.507 e. The average molecular weight is 424 g/mol. The first kappa shape index (κ1) is 23.0. The molecule has 0 bridgehead atoms. The van der Waals surface area contributed by atoms with Crippen LogP contribution in [0.5, 0.6) is 5.75 Å². The van der Waals surface area contributed by atoms with E-state index in [0.717, 1.165) is 44.3 Å². The molecule has 1 saturated heterocycles.